The lowest BCUT2D eigenvalue weighted by molar-refractivity contribution is -0.969. The topological polar surface area (TPSA) is 0 Å². The van der Waals surface area contributed by atoms with Crippen molar-refractivity contribution >= 4 is 0 Å². The fraction of sp³-hybridized carbons (Fsp3) is 1.00. The largest absolute Gasteiger partial charge is 0.321 e. The van der Waals surface area contributed by atoms with Crippen LogP contribution in [0.5, 0.6) is 0 Å². The van der Waals surface area contributed by atoms with Gasteiger partial charge in [-0.3, -0.25) is 0 Å². The Hall–Kier alpha value is -0.0400. The Morgan fingerprint density at radius 1 is 0.731 bits per heavy atom. The molecule has 0 saturated carbocycles. The zero-order chi connectivity index (χ0) is 20.3. The molecule has 0 N–H and O–H groups in total. The number of nitrogens with zero attached hydrogens (tertiary/aromatic N) is 1. The van der Waals surface area contributed by atoms with Gasteiger partial charge in [-0.2, -0.15) is 0 Å². The van der Waals surface area contributed by atoms with Crippen molar-refractivity contribution in [2.45, 2.75) is 132 Å². The molecule has 0 aromatic heterocycles. The average Bonchev–Trinajstić information content (AvgIpc) is 2.65. The van der Waals surface area contributed by atoms with Gasteiger partial charge in [0.25, 0.3) is 0 Å². The molecule has 1 heteroatoms. The lowest BCUT2D eigenvalue weighted by atomic mass is 9.54. The van der Waals surface area contributed by atoms with E-state index in [4.69, 9.17) is 0 Å². The SMILES string of the molecule is CCCCC(CCC)(C(CC)(CC)C(C)CCC)[N+](C)(CC)CCCC. The Labute approximate surface area is 167 Å². The summed E-state index contributed by atoms with van der Waals surface area (Å²) in [5, 5.41) is 0. The summed E-state index contributed by atoms with van der Waals surface area (Å²) in [4.78, 5) is 0. The molecule has 0 radical (unpaired) electrons. The number of quaternary nitrogens is 1. The predicted octanol–water partition coefficient (Wildman–Crippen LogP) is 8.22. The van der Waals surface area contributed by atoms with Gasteiger partial charge in [-0.25, -0.2) is 0 Å². The molecule has 26 heavy (non-hydrogen) atoms. The maximum atomic E-state index is 2.62. The minimum absolute atomic E-state index is 0.430. The first-order valence-electron chi connectivity index (χ1n) is 12.2. The summed E-state index contributed by atoms with van der Waals surface area (Å²) in [5.74, 6) is 0.816. The van der Waals surface area contributed by atoms with Crippen LogP contribution in [0, 0.1) is 11.3 Å². The third-order valence-electron chi connectivity index (χ3n) is 8.20. The van der Waals surface area contributed by atoms with Crippen LogP contribution in [0.1, 0.15) is 126 Å². The zero-order valence-electron chi connectivity index (χ0n) is 20.2. The molecule has 0 aromatic rings. The van der Waals surface area contributed by atoms with Crippen molar-refractivity contribution in [3.63, 3.8) is 0 Å². The molecular formula is C25H54N+. The molecule has 0 heterocycles. The predicted molar refractivity (Wildman–Crippen MR) is 121 cm³/mol. The van der Waals surface area contributed by atoms with Crippen LogP contribution >= 0.6 is 0 Å². The molecule has 0 aliphatic heterocycles. The fourth-order valence-electron chi connectivity index (χ4n) is 6.54. The van der Waals surface area contributed by atoms with Crippen LogP contribution in [-0.2, 0) is 0 Å². The summed E-state index contributed by atoms with van der Waals surface area (Å²) in [5.41, 5.74) is 0.895. The van der Waals surface area contributed by atoms with Gasteiger partial charge in [0.1, 0.15) is 5.54 Å². The zero-order valence-corrected chi connectivity index (χ0v) is 20.2. The maximum absolute atomic E-state index is 2.62. The summed E-state index contributed by atoms with van der Waals surface area (Å²) >= 11 is 0. The fourth-order valence-corrected chi connectivity index (χ4v) is 6.54. The number of hydrogen-bond donors (Lipinski definition) is 0. The monoisotopic (exact) mass is 368 g/mol. The van der Waals surface area contributed by atoms with Crippen LogP contribution in [0.15, 0.2) is 0 Å². The maximum Gasteiger partial charge on any atom is 0.105 e. The summed E-state index contributed by atoms with van der Waals surface area (Å²) in [6.45, 7) is 22.3. The first-order valence-corrected chi connectivity index (χ1v) is 12.2. The van der Waals surface area contributed by atoms with Gasteiger partial charge >= 0.3 is 0 Å². The molecule has 0 spiro atoms. The van der Waals surface area contributed by atoms with Gasteiger partial charge < -0.3 is 4.48 Å². The van der Waals surface area contributed by atoms with Crippen LogP contribution < -0.4 is 0 Å². The second-order valence-electron chi connectivity index (χ2n) is 9.23. The van der Waals surface area contributed by atoms with Crippen molar-refractivity contribution in [3.8, 4) is 0 Å². The average molecular weight is 369 g/mol. The summed E-state index contributed by atoms with van der Waals surface area (Å²) in [6, 6.07) is 0. The van der Waals surface area contributed by atoms with Crippen LogP contribution in [0.2, 0.25) is 0 Å². The van der Waals surface area contributed by atoms with Gasteiger partial charge in [-0.15, -0.1) is 0 Å². The molecule has 0 bridgehead atoms. The first kappa shape index (κ1) is 26.0. The third kappa shape index (κ3) is 5.06. The second-order valence-corrected chi connectivity index (χ2v) is 9.23. The molecule has 0 saturated heterocycles. The highest BCUT2D eigenvalue weighted by Gasteiger charge is 2.60. The molecule has 158 valence electrons. The Morgan fingerprint density at radius 3 is 1.69 bits per heavy atom. The standard InChI is InChI=1S/C25H54N/c1-10-17-21-25(20-13-4,26(9,16-7)22-18-11-2)24(14-5,15-6)23(8)19-12-3/h23H,10-22H2,1-9H3/q+1. The Balaban J connectivity index is 6.52. The molecule has 1 nitrogen and oxygen atoms in total. The highest BCUT2D eigenvalue weighted by molar-refractivity contribution is 5.02. The van der Waals surface area contributed by atoms with Gasteiger partial charge in [0.2, 0.25) is 0 Å². The minimum Gasteiger partial charge on any atom is -0.321 e. The molecular weight excluding hydrogens is 314 g/mol. The van der Waals surface area contributed by atoms with Crippen molar-refractivity contribution in [1.82, 2.24) is 0 Å². The van der Waals surface area contributed by atoms with Crippen LogP contribution in [-0.4, -0.2) is 30.2 Å². The smallest absolute Gasteiger partial charge is 0.105 e. The molecule has 0 fully saturated rings. The van der Waals surface area contributed by atoms with Gasteiger partial charge in [0, 0.05) is 18.3 Å². The molecule has 3 atom stereocenters. The van der Waals surface area contributed by atoms with E-state index in [9.17, 15) is 0 Å². The van der Waals surface area contributed by atoms with Gasteiger partial charge in [-0.05, 0) is 38.5 Å². The van der Waals surface area contributed by atoms with Gasteiger partial charge in [0.05, 0.1) is 20.1 Å². The van der Waals surface area contributed by atoms with Crippen molar-refractivity contribution in [3.05, 3.63) is 0 Å². The Morgan fingerprint density at radius 2 is 1.31 bits per heavy atom. The van der Waals surface area contributed by atoms with Crippen LogP contribution in [0.3, 0.4) is 0 Å². The van der Waals surface area contributed by atoms with Gasteiger partial charge in [-0.1, -0.05) is 80.6 Å². The molecule has 0 aromatic carbocycles. The van der Waals surface area contributed by atoms with Crippen molar-refractivity contribution in [1.29, 1.82) is 0 Å². The molecule has 0 aliphatic carbocycles. The summed E-state index contributed by atoms with van der Waals surface area (Å²) in [7, 11) is 2.62. The number of hydrogen-bond acceptors (Lipinski definition) is 0. The van der Waals surface area contributed by atoms with E-state index in [1.54, 1.807) is 0 Å². The normalized spacial score (nSPS) is 18.3. The van der Waals surface area contributed by atoms with Gasteiger partial charge in [0.15, 0.2) is 0 Å². The lowest BCUT2D eigenvalue weighted by Gasteiger charge is -2.62. The van der Waals surface area contributed by atoms with Crippen molar-refractivity contribution in [2.75, 3.05) is 20.1 Å². The van der Waals surface area contributed by atoms with Crippen LogP contribution in [0.4, 0.5) is 0 Å². The third-order valence-corrected chi connectivity index (χ3v) is 8.20. The number of unbranched alkanes of at least 4 members (excludes halogenated alkanes) is 2. The van der Waals surface area contributed by atoms with E-state index < -0.39 is 0 Å². The Kier molecular flexibility index (Phi) is 12.4. The lowest BCUT2D eigenvalue weighted by Crippen LogP contribution is -2.71. The summed E-state index contributed by atoms with van der Waals surface area (Å²) in [6.07, 6.45) is 14.9. The van der Waals surface area contributed by atoms with E-state index >= 15 is 0 Å². The number of rotatable bonds is 16. The van der Waals surface area contributed by atoms with E-state index in [1.807, 2.05) is 0 Å². The van der Waals surface area contributed by atoms with Crippen molar-refractivity contribution in [2.24, 2.45) is 11.3 Å². The van der Waals surface area contributed by atoms with Crippen molar-refractivity contribution < 1.29 is 4.48 Å². The van der Waals surface area contributed by atoms with Crippen LogP contribution in [0.25, 0.3) is 0 Å². The Bertz CT molecular complexity index is 346. The first-order chi connectivity index (χ1) is 12.3. The highest BCUT2D eigenvalue weighted by Crippen LogP contribution is 2.56. The van der Waals surface area contributed by atoms with E-state index in [0.29, 0.717) is 11.0 Å². The van der Waals surface area contributed by atoms with E-state index in [1.165, 1.54) is 88.2 Å². The second kappa shape index (κ2) is 12.4. The molecule has 0 amide bonds. The van der Waals surface area contributed by atoms with E-state index in [2.05, 4.69) is 62.4 Å². The van der Waals surface area contributed by atoms with E-state index in [0.717, 1.165) is 5.92 Å². The minimum atomic E-state index is 0.430. The quantitative estimate of drug-likeness (QED) is 0.241. The molecule has 0 rings (SSSR count). The molecule has 0 aliphatic rings. The molecule has 3 unspecified atom stereocenters. The summed E-state index contributed by atoms with van der Waals surface area (Å²) < 4.78 is 1.30. The van der Waals surface area contributed by atoms with E-state index in [-0.39, 0.29) is 0 Å². The highest BCUT2D eigenvalue weighted by atomic mass is 15.4.